The maximum atomic E-state index is 12.2. The van der Waals surface area contributed by atoms with E-state index in [2.05, 4.69) is 74.6 Å². The minimum Gasteiger partial charge on any atom is -0.300 e. The number of ketones is 1. The fourth-order valence-corrected chi connectivity index (χ4v) is 12.2. The summed E-state index contributed by atoms with van der Waals surface area (Å²) in [6.07, 6.45) is 31.0. The molecule has 39 heavy (non-hydrogen) atoms. The van der Waals surface area contributed by atoms with E-state index in [1.807, 2.05) is 6.92 Å². The van der Waals surface area contributed by atoms with Gasteiger partial charge in [-0.1, -0.05) is 74.6 Å². The highest BCUT2D eigenvalue weighted by Crippen LogP contribution is 2.81. The Morgan fingerprint density at radius 2 is 1.77 bits per heavy atom. The van der Waals surface area contributed by atoms with Crippen molar-refractivity contribution in [2.45, 2.75) is 78.6 Å². The van der Waals surface area contributed by atoms with E-state index in [4.69, 9.17) is 0 Å². The molecule has 0 aromatic heterocycles. The molecule has 5 saturated carbocycles. The Balaban J connectivity index is 0.000000117. The Labute approximate surface area is 233 Å². The predicted octanol–water partition coefficient (Wildman–Crippen LogP) is 7.40. The molecule has 0 heterocycles. The molecule has 1 heteroatoms. The second-order valence-electron chi connectivity index (χ2n) is 15.3. The minimum atomic E-state index is 0.188. The standard InChI is InChI=1S/C21H32O.C17H10/c1-13(22)16-4-5-17-15-7-11-21-12-14(21)6-10-20(21,3)18(15)8-9-19(16,17)2;1-2-11-4-6-15-14(13(11)3-1)8-9-17-10-12(17)5-7-16(15)17/h14-18H,4-12H2,1-3H3;1-10H/t14?,15-,16+,17-,18-,19+,20+,21?;/m0./s1. The van der Waals surface area contributed by atoms with E-state index in [0.29, 0.717) is 22.5 Å². The second kappa shape index (κ2) is 7.26. The van der Waals surface area contributed by atoms with Gasteiger partial charge in [0.1, 0.15) is 5.78 Å². The van der Waals surface area contributed by atoms with Crippen LogP contribution in [0.2, 0.25) is 0 Å². The number of hydrogen-bond acceptors (Lipinski definition) is 1. The van der Waals surface area contributed by atoms with Gasteiger partial charge in [0.2, 0.25) is 0 Å². The van der Waals surface area contributed by atoms with Crippen molar-refractivity contribution in [3.05, 3.63) is 69.7 Å². The third kappa shape index (κ3) is 2.72. The lowest BCUT2D eigenvalue weighted by molar-refractivity contribution is -0.131. The summed E-state index contributed by atoms with van der Waals surface area (Å²) in [6.45, 7) is 7.01. The van der Waals surface area contributed by atoms with Crippen LogP contribution < -0.4 is 10.4 Å². The Kier molecular flexibility index (Phi) is 4.34. The summed E-state index contributed by atoms with van der Waals surface area (Å²) in [4.78, 5) is 12.2. The topological polar surface area (TPSA) is 17.1 Å². The Morgan fingerprint density at radius 1 is 0.872 bits per heavy atom. The Hall–Kier alpha value is -2.41. The van der Waals surface area contributed by atoms with E-state index >= 15 is 0 Å². The van der Waals surface area contributed by atoms with Crippen molar-refractivity contribution in [3.8, 4) is 0 Å². The average Bonchev–Trinajstić information content (AvgIpc) is 3.47. The minimum absolute atomic E-state index is 0.188. The first-order valence-electron chi connectivity index (χ1n) is 16.0. The molecule has 0 amide bonds. The van der Waals surface area contributed by atoms with Gasteiger partial charge in [-0.05, 0) is 137 Å². The summed E-state index contributed by atoms with van der Waals surface area (Å²) in [5.74, 6) is 4.73. The molecule has 2 spiro atoms. The molecular weight excluding hydrogens is 472 g/mol. The fourth-order valence-electron chi connectivity index (χ4n) is 12.2. The van der Waals surface area contributed by atoms with Crippen LogP contribution in [0.5, 0.6) is 0 Å². The first-order chi connectivity index (χ1) is 18.8. The fraction of sp³-hybridized carbons (Fsp3) is 0.553. The highest BCUT2D eigenvalue weighted by atomic mass is 16.1. The van der Waals surface area contributed by atoms with Gasteiger partial charge in [0.15, 0.2) is 0 Å². The smallest absolute Gasteiger partial charge is 0.133 e. The molecule has 0 aliphatic heterocycles. The quantitative estimate of drug-likeness (QED) is 0.382. The summed E-state index contributed by atoms with van der Waals surface area (Å²) in [7, 11) is 0. The first kappa shape index (κ1) is 23.3. The van der Waals surface area contributed by atoms with Crippen LogP contribution in [-0.2, 0) is 4.79 Å². The molecule has 1 nitrogen and oxygen atoms in total. The van der Waals surface area contributed by atoms with Crippen LogP contribution in [0.15, 0.2) is 48.1 Å². The molecular formula is C38H42O. The Morgan fingerprint density at radius 3 is 2.59 bits per heavy atom. The molecule has 0 saturated heterocycles. The number of Topliss-reactive ketones (excluding diaryl/α,β-unsaturated/α-hetero) is 1. The molecule has 0 N–H and O–H groups in total. The summed E-state index contributed by atoms with van der Waals surface area (Å²) < 4.78 is 0. The predicted molar refractivity (Wildman–Crippen MR) is 160 cm³/mol. The molecule has 200 valence electrons. The SMILES string of the molecule is C1=Cc2c3c(ccc2=C1)=C1C=CC2=CC21C=C3.CC(=O)[C@H]1CC[C@H]2[C@@H]3CCC45CC4CC[C@]5(C)[C@H]3CC[C@]12C. The molecule has 9 aliphatic carbocycles. The summed E-state index contributed by atoms with van der Waals surface area (Å²) in [6, 6.07) is 4.51. The van der Waals surface area contributed by atoms with Gasteiger partial charge in [0.05, 0.1) is 5.41 Å². The summed E-state index contributed by atoms with van der Waals surface area (Å²) >= 11 is 0. The van der Waals surface area contributed by atoms with E-state index < -0.39 is 0 Å². The van der Waals surface area contributed by atoms with Crippen molar-refractivity contribution in [2.75, 3.05) is 0 Å². The molecule has 10 rings (SSSR count). The normalized spacial score (nSPS) is 47.2. The van der Waals surface area contributed by atoms with E-state index in [-0.39, 0.29) is 5.41 Å². The van der Waals surface area contributed by atoms with Gasteiger partial charge in [-0.15, -0.1) is 0 Å². The van der Waals surface area contributed by atoms with E-state index in [1.54, 1.807) is 6.42 Å². The zero-order valence-corrected chi connectivity index (χ0v) is 23.9. The number of hydrogen-bond donors (Lipinski definition) is 0. The number of fused-ring (bicyclic) bond motifs is 7. The number of allylic oxidation sites excluding steroid dienone is 6. The van der Waals surface area contributed by atoms with Crippen LogP contribution in [0.4, 0.5) is 0 Å². The van der Waals surface area contributed by atoms with Gasteiger partial charge in [0, 0.05) is 5.92 Å². The number of carbonyl (C=O) groups is 1. The van der Waals surface area contributed by atoms with Crippen molar-refractivity contribution < 1.29 is 4.79 Å². The van der Waals surface area contributed by atoms with E-state index in [0.717, 1.165) is 29.1 Å². The lowest BCUT2D eigenvalue weighted by Crippen LogP contribution is -2.52. The molecule has 9 aliphatic rings. The third-order valence-electron chi connectivity index (χ3n) is 14.4. The van der Waals surface area contributed by atoms with Crippen molar-refractivity contribution in [2.24, 2.45) is 51.2 Å². The lowest BCUT2D eigenvalue weighted by atomic mass is 9.46. The molecule has 0 radical (unpaired) electrons. The molecule has 9 atom stereocenters. The molecule has 5 fully saturated rings. The summed E-state index contributed by atoms with van der Waals surface area (Å²) in [5.41, 5.74) is 7.67. The van der Waals surface area contributed by atoms with Crippen LogP contribution in [0, 0.1) is 51.2 Å². The van der Waals surface area contributed by atoms with Gasteiger partial charge in [-0.3, -0.25) is 4.79 Å². The Bertz CT molecular complexity index is 1600. The average molecular weight is 515 g/mol. The molecule has 3 unspecified atom stereocenters. The monoisotopic (exact) mass is 514 g/mol. The summed E-state index contributed by atoms with van der Waals surface area (Å²) in [5, 5.41) is 2.75. The van der Waals surface area contributed by atoms with Gasteiger partial charge in [0.25, 0.3) is 0 Å². The van der Waals surface area contributed by atoms with Gasteiger partial charge < -0.3 is 0 Å². The van der Waals surface area contributed by atoms with Crippen LogP contribution in [0.1, 0.15) is 89.7 Å². The number of benzene rings is 1. The van der Waals surface area contributed by atoms with Crippen molar-refractivity contribution >= 4 is 29.6 Å². The zero-order chi connectivity index (χ0) is 26.4. The number of carbonyl (C=O) groups excluding carboxylic acids is 1. The van der Waals surface area contributed by atoms with Crippen LogP contribution in [-0.4, -0.2) is 5.78 Å². The van der Waals surface area contributed by atoms with Crippen molar-refractivity contribution in [1.29, 1.82) is 0 Å². The maximum absolute atomic E-state index is 12.2. The lowest BCUT2D eigenvalue weighted by Gasteiger charge is -2.58. The van der Waals surface area contributed by atoms with E-state index in [1.165, 1.54) is 84.1 Å². The zero-order valence-electron chi connectivity index (χ0n) is 23.9. The first-order valence-corrected chi connectivity index (χ1v) is 16.0. The molecule has 0 bridgehead atoms. The second-order valence-corrected chi connectivity index (χ2v) is 15.3. The van der Waals surface area contributed by atoms with Crippen LogP contribution in [0.25, 0.3) is 23.8 Å². The van der Waals surface area contributed by atoms with Crippen LogP contribution >= 0.6 is 0 Å². The highest BCUT2D eigenvalue weighted by Gasteiger charge is 2.73. The van der Waals surface area contributed by atoms with Crippen LogP contribution in [0.3, 0.4) is 0 Å². The third-order valence-corrected chi connectivity index (χ3v) is 14.4. The van der Waals surface area contributed by atoms with Gasteiger partial charge in [-0.25, -0.2) is 0 Å². The highest BCUT2D eigenvalue weighted by molar-refractivity contribution is 5.92. The van der Waals surface area contributed by atoms with E-state index in [9.17, 15) is 4.79 Å². The molecule has 1 aromatic rings. The molecule has 1 aromatic carbocycles. The maximum Gasteiger partial charge on any atom is 0.133 e. The van der Waals surface area contributed by atoms with Crippen molar-refractivity contribution in [1.82, 2.24) is 0 Å². The number of rotatable bonds is 1. The largest absolute Gasteiger partial charge is 0.300 e. The van der Waals surface area contributed by atoms with Gasteiger partial charge in [-0.2, -0.15) is 0 Å². The van der Waals surface area contributed by atoms with Gasteiger partial charge >= 0.3 is 0 Å². The van der Waals surface area contributed by atoms with Crippen molar-refractivity contribution in [3.63, 3.8) is 0 Å².